The number of hydrogen-bond donors (Lipinski definition) is 0. The van der Waals surface area contributed by atoms with Gasteiger partial charge in [-0.15, -0.1) is 0 Å². The van der Waals surface area contributed by atoms with Crippen LogP contribution in [0.5, 0.6) is 0 Å². The molecule has 0 atom stereocenters. The highest BCUT2D eigenvalue weighted by atomic mass is 35.5. The van der Waals surface area contributed by atoms with Gasteiger partial charge in [0.1, 0.15) is 17.0 Å². The third-order valence-corrected chi connectivity index (χ3v) is 5.20. The first-order valence-corrected chi connectivity index (χ1v) is 10.1. The van der Waals surface area contributed by atoms with E-state index >= 15 is 0 Å². The van der Waals surface area contributed by atoms with Crippen molar-refractivity contribution in [1.29, 1.82) is 0 Å². The van der Waals surface area contributed by atoms with Crippen LogP contribution in [0.4, 0.5) is 0 Å². The molecule has 0 aliphatic rings. The number of benzene rings is 3. The van der Waals surface area contributed by atoms with Crippen LogP contribution in [0, 0.1) is 0 Å². The predicted octanol–water partition coefficient (Wildman–Crippen LogP) is 7.30. The smallest absolute Gasteiger partial charge is 0.185 e. The van der Waals surface area contributed by atoms with Crippen LogP contribution < -0.4 is 0 Å². The summed E-state index contributed by atoms with van der Waals surface area (Å²) in [5, 5.41) is 5.57. The van der Waals surface area contributed by atoms with Crippen molar-refractivity contribution in [2.24, 2.45) is 0 Å². The van der Waals surface area contributed by atoms with Crippen molar-refractivity contribution in [3.8, 4) is 22.6 Å². The standard InChI is InChI=1S/C26H16ClNO3/c27-20-9-6-17(7-10-20)25-15-12-21(30-25)11-14-24(29)19-8-13-23-22(16-19)26(31-28-23)18-4-2-1-3-5-18/h1-16H/b14-11+. The maximum absolute atomic E-state index is 12.8. The Kier molecular flexibility index (Phi) is 4.98. The SMILES string of the molecule is O=C(/C=C/c1ccc(-c2ccc(Cl)cc2)o1)c1ccc2noc(-c3ccccc3)c2c1. The number of carbonyl (C=O) groups is 1. The Labute approximate surface area is 183 Å². The highest BCUT2D eigenvalue weighted by Gasteiger charge is 2.13. The Morgan fingerprint density at radius 2 is 1.68 bits per heavy atom. The van der Waals surface area contributed by atoms with Crippen LogP contribution in [-0.4, -0.2) is 10.9 Å². The normalized spacial score (nSPS) is 11.4. The first-order valence-electron chi connectivity index (χ1n) is 9.70. The minimum Gasteiger partial charge on any atom is -0.457 e. The number of fused-ring (bicyclic) bond motifs is 1. The van der Waals surface area contributed by atoms with Crippen LogP contribution in [-0.2, 0) is 0 Å². The quantitative estimate of drug-likeness (QED) is 0.219. The van der Waals surface area contributed by atoms with Crippen molar-refractivity contribution in [2.75, 3.05) is 0 Å². The third-order valence-electron chi connectivity index (χ3n) is 4.95. The lowest BCUT2D eigenvalue weighted by Gasteiger charge is -1.99. The zero-order valence-corrected chi connectivity index (χ0v) is 17.0. The van der Waals surface area contributed by atoms with Gasteiger partial charge in [0, 0.05) is 21.7 Å². The summed E-state index contributed by atoms with van der Waals surface area (Å²) < 4.78 is 11.3. The molecule has 4 nitrogen and oxygen atoms in total. The van der Waals surface area contributed by atoms with Crippen molar-refractivity contribution in [3.63, 3.8) is 0 Å². The molecule has 0 unspecified atom stereocenters. The van der Waals surface area contributed by atoms with Gasteiger partial charge in [0.05, 0.1) is 5.39 Å². The summed E-state index contributed by atoms with van der Waals surface area (Å²) in [6, 6.07) is 26.1. The maximum atomic E-state index is 12.8. The minimum absolute atomic E-state index is 0.133. The third kappa shape index (κ3) is 3.93. The average molecular weight is 426 g/mol. The van der Waals surface area contributed by atoms with Crippen molar-refractivity contribution in [3.05, 3.63) is 107 Å². The number of rotatable bonds is 5. The second-order valence-electron chi connectivity index (χ2n) is 7.02. The molecule has 0 saturated heterocycles. The van der Waals surface area contributed by atoms with Gasteiger partial charge in [-0.3, -0.25) is 4.79 Å². The molecule has 0 spiro atoms. The second kappa shape index (κ2) is 8.09. The fourth-order valence-corrected chi connectivity index (χ4v) is 3.48. The van der Waals surface area contributed by atoms with Gasteiger partial charge in [-0.05, 0) is 66.7 Å². The van der Waals surface area contributed by atoms with Crippen LogP contribution in [0.3, 0.4) is 0 Å². The topological polar surface area (TPSA) is 56.2 Å². The molecule has 0 fully saturated rings. The van der Waals surface area contributed by atoms with E-state index in [9.17, 15) is 4.79 Å². The molecular formula is C26H16ClNO3. The molecule has 0 radical (unpaired) electrons. The van der Waals surface area contributed by atoms with Crippen molar-refractivity contribution >= 4 is 34.4 Å². The fraction of sp³-hybridized carbons (Fsp3) is 0. The zero-order chi connectivity index (χ0) is 21.2. The van der Waals surface area contributed by atoms with Crippen molar-refractivity contribution < 1.29 is 13.7 Å². The molecule has 2 aromatic heterocycles. The maximum Gasteiger partial charge on any atom is 0.185 e. The number of allylic oxidation sites excluding steroid dienone is 1. The summed E-state index contributed by atoms with van der Waals surface area (Å²) in [6.07, 6.45) is 3.17. The summed E-state index contributed by atoms with van der Waals surface area (Å²) in [5.74, 6) is 1.82. The Morgan fingerprint density at radius 3 is 2.48 bits per heavy atom. The molecule has 2 heterocycles. The largest absolute Gasteiger partial charge is 0.457 e. The molecular weight excluding hydrogens is 410 g/mol. The number of aromatic nitrogens is 1. The molecule has 0 saturated carbocycles. The van der Waals surface area contributed by atoms with Gasteiger partial charge >= 0.3 is 0 Å². The average Bonchev–Trinajstić information content (AvgIpc) is 3.45. The van der Waals surface area contributed by atoms with E-state index in [1.807, 2.05) is 72.8 Å². The highest BCUT2D eigenvalue weighted by molar-refractivity contribution is 6.30. The molecule has 31 heavy (non-hydrogen) atoms. The van der Waals surface area contributed by atoms with Crippen LogP contribution in [0.15, 0.2) is 99.9 Å². The lowest BCUT2D eigenvalue weighted by Crippen LogP contribution is -1.93. The second-order valence-corrected chi connectivity index (χ2v) is 7.45. The summed E-state index contributed by atoms with van der Waals surface area (Å²) in [7, 11) is 0. The number of halogens is 1. The number of ketones is 1. The molecule has 0 N–H and O–H groups in total. The van der Waals surface area contributed by atoms with Gasteiger partial charge in [-0.2, -0.15) is 0 Å². The van der Waals surface area contributed by atoms with Crippen molar-refractivity contribution in [1.82, 2.24) is 5.16 Å². The molecule has 0 amide bonds. The Bertz CT molecular complexity index is 1400. The van der Waals surface area contributed by atoms with Gasteiger partial charge in [-0.1, -0.05) is 47.1 Å². The molecule has 5 rings (SSSR count). The monoisotopic (exact) mass is 425 g/mol. The number of nitrogens with zero attached hydrogens (tertiary/aromatic N) is 1. The van der Waals surface area contributed by atoms with E-state index < -0.39 is 0 Å². The first kappa shape index (κ1) is 19.1. The van der Waals surface area contributed by atoms with Gasteiger partial charge in [0.2, 0.25) is 0 Å². The van der Waals surface area contributed by atoms with E-state index in [2.05, 4.69) is 5.16 Å². The van der Waals surface area contributed by atoms with E-state index in [0.717, 1.165) is 16.5 Å². The molecule has 5 heteroatoms. The lowest BCUT2D eigenvalue weighted by atomic mass is 10.0. The van der Waals surface area contributed by atoms with E-state index in [4.69, 9.17) is 20.5 Å². The molecule has 0 aliphatic heterocycles. The first-order chi connectivity index (χ1) is 15.2. The van der Waals surface area contributed by atoms with Crippen LogP contribution in [0.1, 0.15) is 16.1 Å². The Morgan fingerprint density at radius 1 is 0.871 bits per heavy atom. The summed E-state index contributed by atoms with van der Waals surface area (Å²) >= 11 is 5.93. The van der Waals surface area contributed by atoms with Gasteiger partial charge in [0.25, 0.3) is 0 Å². The van der Waals surface area contributed by atoms with Gasteiger partial charge in [0.15, 0.2) is 11.5 Å². The number of carbonyl (C=O) groups excluding carboxylic acids is 1. The van der Waals surface area contributed by atoms with Gasteiger partial charge < -0.3 is 8.94 Å². The predicted molar refractivity (Wildman–Crippen MR) is 122 cm³/mol. The van der Waals surface area contributed by atoms with E-state index in [1.165, 1.54) is 6.08 Å². The van der Waals surface area contributed by atoms with E-state index in [0.29, 0.717) is 33.4 Å². The number of hydrogen-bond acceptors (Lipinski definition) is 4. The fourth-order valence-electron chi connectivity index (χ4n) is 3.36. The van der Waals surface area contributed by atoms with Crippen LogP contribution in [0.25, 0.3) is 39.6 Å². The molecule has 0 bridgehead atoms. The van der Waals surface area contributed by atoms with Crippen molar-refractivity contribution in [2.45, 2.75) is 0 Å². The Balaban J connectivity index is 1.39. The van der Waals surface area contributed by atoms with E-state index in [-0.39, 0.29) is 5.78 Å². The number of furan rings is 1. The summed E-state index contributed by atoms with van der Waals surface area (Å²) in [6.45, 7) is 0. The summed E-state index contributed by atoms with van der Waals surface area (Å²) in [4.78, 5) is 12.8. The van der Waals surface area contributed by atoms with E-state index in [1.54, 1.807) is 18.2 Å². The zero-order valence-electron chi connectivity index (χ0n) is 16.3. The molecule has 150 valence electrons. The lowest BCUT2D eigenvalue weighted by molar-refractivity contribution is 0.104. The molecule has 0 aliphatic carbocycles. The van der Waals surface area contributed by atoms with Crippen LogP contribution in [0.2, 0.25) is 5.02 Å². The molecule has 5 aromatic rings. The summed E-state index contributed by atoms with van der Waals surface area (Å²) in [5.41, 5.74) is 3.09. The highest BCUT2D eigenvalue weighted by Crippen LogP contribution is 2.29. The molecule has 3 aromatic carbocycles. The Hall–Kier alpha value is -3.89. The van der Waals surface area contributed by atoms with Gasteiger partial charge in [-0.25, -0.2) is 0 Å². The minimum atomic E-state index is -0.133. The van der Waals surface area contributed by atoms with Crippen LogP contribution >= 0.6 is 11.6 Å².